The second-order valence-electron chi connectivity index (χ2n) is 5.58. The van der Waals surface area contributed by atoms with Crippen LogP contribution in [0.1, 0.15) is 17.2 Å². The molecule has 3 atom stereocenters. The van der Waals surface area contributed by atoms with Crippen LogP contribution in [0.4, 0.5) is 5.69 Å². The fourth-order valence-electron chi connectivity index (χ4n) is 3.11. The third-order valence-electron chi connectivity index (χ3n) is 4.14. The van der Waals surface area contributed by atoms with E-state index in [1.165, 1.54) is 11.8 Å². The van der Waals surface area contributed by atoms with Crippen LogP contribution in [-0.2, 0) is 9.59 Å². The number of nitrogens with one attached hydrogen (secondary N) is 1. The summed E-state index contributed by atoms with van der Waals surface area (Å²) in [4.78, 5) is 30.2. The smallest absolute Gasteiger partial charge is 0.240 e. The van der Waals surface area contributed by atoms with Crippen LogP contribution in [0.2, 0.25) is 0 Å². The number of hydrogen-bond acceptors (Lipinski definition) is 5. The molecule has 4 rings (SSSR count). The molecule has 4 nitrogen and oxygen atoms in total. The minimum absolute atomic E-state index is 0.0233. The number of amides is 2. The Morgan fingerprint density at radius 3 is 2.61 bits per heavy atom. The molecule has 2 saturated heterocycles. The molecule has 1 aromatic heterocycles. The molecule has 2 amide bonds. The van der Waals surface area contributed by atoms with Gasteiger partial charge in [-0.05, 0) is 23.6 Å². The number of thioether (sulfide) groups is 1. The van der Waals surface area contributed by atoms with Gasteiger partial charge in [-0.15, -0.1) is 11.3 Å². The molecule has 0 spiro atoms. The fraction of sp³-hybridized carbons (Fsp3) is 0.235. The van der Waals surface area contributed by atoms with Crippen LogP contribution in [0.25, 0.3) is 0 Å². The number of carbonyl (C=O) groups is 2. The van der Waals surface area contributed by atoms with Gasteiger partial charge in [0.1, 0.15) is 5.25 Å². The molecular weight excluding hydrogens is 328 g/mol. The lowest BCUT2D eigenvalue weighted by Crippen LogP contribution is -2.33. The first-order valence-corrected chi connectivity index (χ1v) is 9.15. The van der Waals surface area contributed by atoms with Crippen molar-refractivity contribution in [2.24, 2.45) is 10.9 Å². The molecule has 0 aliphatic carbocycles. The third-order valence-corrected chi connectivity index (χ3v) is 6.44. The van der Waals surface area contributed by atoms with Crippen molar-refractivity contribution in [2.75, 3.05) is 0 Å². The number of aliphatic imine (C=N–C) groups is 1. The Morgan fingerprint density at radius 1 is 1.04 bits per heavy atom. The maximum absolute atomic E-state index is 12.2. The van der Waals surface area contributed by atoms with Gasteiger partial charge < -0.3 is 0 Å². The predicted octanol–water partition coefficient (Wildman–Crippen LogP) is 3.34. The summed E-state index contributed by atoms with van der Waals surface area (Å²) < 4.78 is 0. The van der Waals surface area contributed by atoms with E-state index in [1.807, 2.05) is 47.8 Å². The van der Waals surface area contributed by atoms with Crippen LogP contribution < -0.4 is 5.32 Å². The average Bonchev–Trinajstić information content (AvgIpc) is 3.17. The van der Waals surface area contributed by atoms with E-state index in [0.29, 0.717) is 6.42 Å². The SMILES string of the molecule is O=C1NC(=O)[C@H]2SC(=Nc3ccccc3)C[C@@H](c3cccs3)[C@@H]12. The van der Waals surface area contributed by atoms with Gasteiger partial charge in [0.25, 0.3) is 0 Å². The van der Waals surface area contributed by atoms with E-state index in [-0.39, 0.29) is 28.9 Å². The van der Waals surface area contributed by atoms with Crippen LogP contribution >= 0.6 is 23.1 Å². The minimum Gasteiger partial charge on any atom is -0.295 e. The van der Waals surface area contributed by atoms with Crippen molar-refractivity contribution in [3.05, 3.63) is 52.7 Å². The third kappa shape index (κ3) is 2.72. The lowest BCUT2D eigenvalue weighted by molar-refractivity contribution is -0.126. The second kappa shape index (κ2) is 5.94. The zero-order chi connectivity index (χ0) is 15.8. The molecule has 0 saturated carbocycles. The highest BCUT2D eigenvalue weighted by Crippen LogP contribution is 2.46. The predicted molar refractivity (Wildman–Crippen MR) is 93.2 cm³/mol. The van der Waals surface area contributed by atoms with E-state index in [2.05, 4.69) is 5.32 Å². The number of benzene rings is 1. The standard InChI is InChI=1S/C17H14N2O2S2/c20-16-14-11(12-7-4-8-22-12)9-13(23-15(14)17(21)19-16)18-10-5-2-1-3-6-10/h1-8,11,14-15H,9H2,(H,19,20,21)/t11-,14+,15-/m0/s1. The van der Waals surface area contributed by atoms with Crippen molar-refractivity contribution in [3.8, 4) is 0 Å². The quantitative estimate of drug-likeness (QED) is 0.852. The number of carbonyl (C=O) groups excluding carboxylic acids is 2. The molecule has 1 N–H and O–H groups in total. The van der Waals surface area contributed by atoms with E-state index >= 15 is 0 Å². The fourth-order valence-corrected chi connectivity index (χ4v) is 5.33. The molecule has 2 aliphatic rings. The number of para-hydroxylation sites is 1. The highest BCUT2D eigenvalue weighted by atomic mass is 32.2. The monoisotopic (exact) mass is 342 g/mol. The normalized spacial score (nSPS) is 28.7. The highest BCUT2D eigenvalue weighted by molar-refractivity contribution is 8.15. The summed E-state index contributed by atoms with van der Waals surface area (Å²) in [6, 6.07) is 13.7. The van der Waals surface area contributed by atoms with Crippen molar-refractivity contribution in [1.29, 1.82) is 0 Å². The maximum atomic E-state index is 12.2. The van der Waals surface area contributed by atoms with Crippen molar-refractivity contribution in [1.82, 2.24) is 5.32 Å². The Hall–Kier alpha value is -1.92. The molecule has 116 valence electrons. The Kier molecular flexibility index (Phi) is 3.79. The first-order chi connectivity index (χ1) is 11.2. The van der Waals surface area contributed by atoms with E-state index in [9.17, 15) is 9.59 Å². The van der Waals surface area contributed by atoms with Crippen LogP contribution in [-0.4, -0.2) is 22.1 Å². The molecule has 0 radical (unpaired) electrons. The lowest BCUT2D eigenvalue weighted by atomic mass is 9.86. The zero-order valence-electron chi connectivity index (χ0n) is 12.1. The molecule has 2 fully saturated rings. The number of rotatable bonds is 2. The number of imide groups is 1. The number of thiophene rings is 1. The topological polar surface area (TPSA) is 58.5 Å². The van der Waals surface area contributed by atoms with Crippen molar-refractivity contribution >= 4 is 45.6 Å². The molecule has 6 heteroatoms. The largest absolute Gasteiger partial charge is 0.295 e. The first-order valence-electron chi connectivity index (χ1n) is 7.40. The maximum Gasteiger partial charge on any atom is 0.240 e. The highest BCUT2D eigenvalue weighted by Gasteiger charge is 2.50. The summed E-state index contributed by atoms with van der Waals surface area (Å²) in [6.45, 7) is 0. The summed E-state index contributed by atoms with van der Waals surface area (Å²) in [5.74, 6) is -0.604. The molecule has 0 unspecified atom stereocenters. The Balaban J connectivity index is 1.71. The van der Waals surface area contributed by atoms with E-state index < -0.39 is 0 Å². The van der Waals surface area contributed by atoms with E-state index in [0.717, 1.165) is 15.6 Å². The Labute approximate surface area is 142 Å². The molecule has 2 aliphatic heterocycles. The second-order valence-corrected chi connectivity index (χ2v) is 7.78. The van der Waals surface area contributed by atoms with Gasteiger partial charge in [0.15, 0.2) is 0 Å². The molecule has 23 heavy (non-hydrogen) atoms. The number of fused-ring (bicyclic) bond motifs is 1. The van der Waals surface area contributed by atoms with E-state index in [4.69, 9.17) is 4.99 Å². The van der Waals surface area contributed by atoms with Gasteiger partial charge in [0, 0.05) is 17.2 Å². The van der Waals surface area contributed by atoms with Gasteiger partial charge >= 0.3 is 0 Å². The summed E-state index contributed by atoms with van der Waals surface area (Å²) >= 11 is 3.07. The lowest BCUT2D eigenvalue weighted by Gasteiger charge is -2.30. The molecule has 3 heterocycles. The Morgan fingerprint density at radius 2 is 1.87 bits per heavy atom. The van der Waals surface area contributed by atoms with Crippen LogP contribution in [0, 0.1) is 5.92 Å². The van der Waals surface area contributed by atoms with E-state index in [1.54, 1.807) is 11.3 Å². The number of nitrogens with zero attached hydrogens (tertiary/aromatic N) is 1. The molecular formula is C17H14N2O2S2. The van der Waals surface area contributed by atoms with Crippen LogP contribution in [0.5, 0.6) is 0 Å². The van der Waals surface area contributed by atoms with Gasteiger partial charge in [-0.1, -0.05) is 36.0 Å². The van der Waals surface area contributed by atoms with Gasteiger partial charge in [-0.2, -0.15) is 0 Å². The Bertz CT molecular complexity index is 771. The van der Waals surface area contributed by atoms with Crippen molar-refractivity contribution in [2.45, 2.75) is 17.6 Å². The first kappa shape index (κ1) is 14.7. The molecule has 1 aromatic carbocycles. The molecule has 0 bridgehead atoms. The van der Waals surface area contributed by atoms with Gasteiger partial charge in [-0.25, -0.2) is 4.99 Å². The summed E-state index contributed by atoms with van der Waals surface area (Å²) in [6.07, 6.45) is 0.696. The molecule has 2 aromatic rings. The zero-order valence-corrected chi connectivity index (χ0v) is 13.8. The summed E-state index contributed by atoms with van der Waals surface area (Å²) in [5.41, 5.74) is 0.878. The summed E-state index contributed by atoms with van der Waals surface area (Å²) in [5, 5.41) is 5.04. The summed E-state index contributed by atoms with van der Waals surface area (Å²) in [7, 11) is 0. The van der Waals surface area contributed by atoms with Crippen LogP contribution in [0.15, 0.2) is 52.8 Å². The van der Waals surface area contributed by atoms with Crippen LogP contribution in [0.3, 0.4) is 0 Å². The van der Waals surface area contributed by atoms with Crippen molar-refractivity contribution < 1.29 is 9.59 Å². The number of hydrogen-bond donors (Lipinski definition) is 1. The average molecular weight is 342 g/mol. The van der Waals surface area contributed by atoms with Crippen molar-refractivity contribution in [3.63, 3.8) is 0 Å². The minimum atomic E-state index is -0.370. The van der Waals surface area contributed by atoms with Gasteiger partial charge in [0.2, 0.25) is 11.8 Å². The van der Waals surface area contributed by atoms with Gasteiger partial charge in [-0.3, -0.25) is 14.9 Å². The van der Waals surface area contributed by atoms with Gasteiger partial charge in [0.05, 0.1) is 16.6 Å².